The zero-order chi connectivity index (χ0) is 16.8. The van der Waals surface area contributed by atoms with E-state index in [0.717, 1.165) is 13.0 Å². The molecule has 0 fully saturated rings. The first-order valence-corrected chi connectivity index (χ1v) is 7.92. The molecule has 0 radical (unpaired) electrons. The van der Waals surface area contributed by atoms with Gasteiger partial charge in [0.15, 0.2) is 0 Å². The van der Waals surface area contributed by atoms with Crippen LogP contribution in [0.3, 0.4) is 0 Å². The van der Waals surface area contributed by atoms with Crippen molar-refractivity contribution in [2.75, 3.05) is 19.6 Å². The second-order valence-electron chi connectivity index (χ2n) is 6.54. The summed E-state index contributed by atoms with van der Waals surface area (Å²) in [6.45, 7) is 11.9. The fraction of sp³-hybridized carbons (Fsp3) is 0.750. The highest BCUT2D eigenvalue weighted by Gasteiger charge is 2.20. The Bertz CT molecular complexity index is 465. The topological polar surface area (TPSA) is 59.4 Å². The van der Waals surface area contributed by atoms with Gasteiger partial charge in [-0.05, 0) is 47.6 Å². The molecule has 126 valence electrons. The molecule has 1 aromatic heterocycles. The van der Waals surface area contributed by atoms with Crippen LogP contribution in [0.4, 0.5) is 4.79 Å². The van der Waals surface area contributed by atoms with Crippen LogP contribution in [0.5, 0.6) is 0 Å². The van der Waals surface area contributed by atoms with E-state index >= 15 is 0 Å². The predicted octanol–water partition coefficient (Wildman–Crippen LogP) is 2.72. The smallest absolute Gasteiger partial charge is 0.410 e. The second kappa shape index (κ2) is 8.17. The third kappa shape index (κ3) is 6.47. The summed E-state index contributed by atoms with van der Waals surface area (Å²) < 4.78 is 7.20. The van der Waals surface area contributed by atoms with Crippen molar-refractivity contribution in [1.29, 1.82) is 0 Å². The number of carbonyl (C=O) groups is 1. The number of amides is 1. The van der Waals surface area contributed by atoms with Crippen LogP contribution in [0.25, 0.3) is 0 Å². The third-order valence-electron chi connectivity index (χ3n) is 3.31. The van der Waals surface area contributed by atoms with E-state index in [-0.39, 0.29) is 12.1 Å². The zero-order valence-electron chi connectivity index (χ0n) is 14.7. The van der Waals surface area contributed by atoms with Gasteiger partial charge in [0, 0.05) is 37.9 Å². The highest BCUT2D eigenvalue weighted by molar-refractivity contribution is 5.68. The molecule has 0 saturated carbocycles. The Hall–Kier alpha value is -1.56. The number of nitrogens with zero attached hydrogens (tertiary/aromatic N) is 3. The molecule has 1 heterocycles. The molecule has 0 aromatic carbocycles. The lowest BCUT2D eigenvalue weighted by Crippen LogP contribution is -2.38. The standard InChI is InChI=1S/C16H30N4O2/c1-7-20(15(21)22-16(3,4)5)10-8-9-17-13(2)14-11-18-19(6)12-14/h11-13,17H,7-10H2,1-6H3. The van der Waals surface area contributed by atoms with Crippen molar-refractivity contribution in [3.8, 4) is 0 Å². The van der Waals surface area contributed by atoms with Gasteiger partial charge in [-0.1, -0.05) is 0 Å². The van der Waals surface area contributed by atoms with Crippen LogP contribution in [0.15, 0.2) is 12.4 Å². The molecule has 0 aliphatic carbocycles. The monoisotopic (exact) mass is 310 g/mol. The lowest BCUT2D eigenvalue weighted by Gasteiger charge is -2.26. The number of rotatable bonds is 7. The largest absolute Gasteiger partial charge is 0.444 e. The van der Waals surface area contributed by atoms with Crippen LogP contribution in [0.1, 0.15) is 52.6 Å². The zero-order valence-corrected chi connectivity index (χ0v) is 14.7. The van der Waals surface area contributed by atoms with Gasteiger partial charge in [0.05, 0.1) is 6.20 Å². The average Bonchev–Trinajstić information content (AvgIpc) is 2.83. The van der Waals surface area contributed by atoms with E-state index in [0.29, 0.717) is 13.1 Å². The van der Waals surface area contributed by atoms with Crippen molar-refractivity contribution in [3.05, 3.63) is 18.0 Å². The first kappa shape index (κ1) is 18.5. The van der Waals surface area contributed by atoms with E-state index in [2.05, 4.69) is 17.3 Å². The predicted molar refractivity (Wildman–Crippen MR) is 87.7 cm³/mol. The van der Waals surface area contributed by atoms with Crippen LogP contribution in [0.2, 0.25) is 0 Å². The molecule has 1 atom stereocenters. The van der Waals surface area contributed by atoms with Crippen molar-refractivity contribution in [2.24, 2.45) is 7.05 Å². The van der Waals surface area contributed by atoms with Crippen molar-refractivity contribution in [3.63, 3.8) is 0 Å². The van der Waals surface area contributed by atoms with Crippen LogP contribution in [-0.4, -0.2) is 46.0 Å². The van der Waals surface area contributed by atoms with E-state index in [1.807, 2.05) is 47.1 Å². The third-order valence-corrected chi connectivity index (χ3v) is 3.31. The van der Waals surface area contributed by atoms with Crippen LogP contribution in [0, 0.1) is 0 Å². The summed E-state index contributed by atoms with van der Waals surface area (Å²) in [5.74, 6) is 0. The van der Waals surface area contributed by atoms with Gasteiger partial charge in [-0.15, -0.1) is 0 Å². The SMILES string of the molecule is CCN(CCCNC(C)c1cnn(C)c1)C(=O)OC(C)(C)C. The van der Waals surface area contributed by atoms with Crippen molar-refractivity contribution in [2.45, 2.75) is 52.7 Å². The molecule has 1 unspecified atom stereocenters. The first-order chi connectivity index (χ1) is 10.2. The summed E-state index contributed by atoms with van der Waals surface area (Å²) in [5.41, 5.74) is 0.722. The molecule has 6 heteroatoms. The molecule has 22 heavy (non-hydrogen) atoms. The summed E-state index contributed by atoms with van der Waals surface area (Å²) in [5, 5.41) is 7.62. The van der Waals surface area contributed by atoms with E-state index in [4.69, 9.17) is 4.74 Å². The lowest BCUT2D eigenvalue weighted by molar-refractivity contribution is 0.0258. The molecular formula is C16H30N4O2. The van der Waals surface area contributed by atoms with Crippen molar-refractivity contribution < 1.29 is 9.53 Å². The lowest BCUT2D eigenvalue weighted by atomic mass is 10.2. The maximum Gasteiger partial charge on any atom is 0.410 e. The molecule has 1 aromatic rings. The van der Waals surface area contributed by atoms with Gasteiger partial charge >= 0.3 is 6.09 Å². The highest BCUT2D eigenvalue weighted by atomic mass is 16.6. The number of hydrogen-bond acceptors (Lipinski definition) is 4. The molecule has 1 rings (SSSR count). The fourth-order valence-corrected chi connectivity index (χ4v) is 2.08. The molecule has 0 bridgehead atoms. The van der Waals surface area contributed by atoms with E-state index in [9.17, 15) is 4.79 Å². The summed E-state index contributed by atoms with van der Waals surface area (Å²) in [7, 11) is 1.91. The van der Waals surface area contributed by atoms with Gasteiger partial charge in [-0.3, -0.25) is 4.68 Å². The molecule has 0 saturated heterocycles. The van der Waals surface area contributed by atoms with Gasteiger partial charge in [0.1, 0.15) is 5.60 Å². The Labute approximate surface area is 133 Å². The van der Waals surface area contributed by atoms with Gasteiger partial charge in [-0.25, -0.2) is 4.79 Å². The van der Waals surface area contributed by atoms with Gasteiger partial charge in [0.25, 0.3) is 0 Å². The number of nitrogens with one attached hydrogen (secondary N) is 1. The summed E-state index contributed by atoms with van der Waals surface area (Å²) in [4.78, 5) is 13.8. The average molecular weight is 310 g/mol. The first-order valence-electron chi connectivity index (χ1n) is 7.92. The van der Waals surface area contributed by atoms with Crippen molar-refractivity contribution >= 4 is 6.09 Å². The molecule has 1 amide bonds. The van der Waals surface area contributed by atoms with Crippen molar-refractivity contribution in [1.82, 2.24) is 20.0 Å². The van der Waals surface area contributed by atoms with Gasteiger partial charge < -0.3 is 15.0 Å². The molecular weight excluding hydrogens is 280 g/mol. The number of aromatic nitrogens is 2. The minimum absolute atomic E-state index is 0.240. The number of carbonyl (C=O) groups excluding carboxylic acids is 1. The minimum Gasteiger partial charge on any atom is -0.444 e. The second-order valence-corrected chi connectivity index (χ2v) is 6.54. The van der Waals surface area contributed by atoms with E-state index in [1.54, 1.807) is 9.58 Å². The minimum atomic E-state index is -0.447. The van der Waals surface area contributed by atoms with Crippen LogP contribution < -0.4 is 5.32 Å². The number of hydrogen-bond donors (Lipinski definition) is 1. The van der Waals surface area contributed by atoms with E-state index < -0.39 is 5.60 Å². The Morgan fingerprint density at radius 2 is 2.18 bits per heavy atom. The molecule has 0 aliphatic rings. The molecule has 1 N–H and O–H groups in total. The molecule has 0 spiro atoms. The van der Waals surface area contributed by atoms with E-state index in [1.165, 1.54) is 5.56 Å². The Kier molecular flexibility index (Phi) is 6.87. The Morgan fingerprint density at radius 1 is 1.50 bits per heavy atom. The maximum absolute atomic E-state index is 12.0. The highest BCUT2D eigenvalue weighted by Crippen LogP contribution is 2.11. The Morgan fingerprint density at radius 3 is 2.68 bits per heavy atom. The number of ether oxygens (including phenoxy) is 1. The molecule has 6 nitrogen and oxygen atoms in total. The fourth-order valence-electron chi connectivity index (χ4n) is 2.08. The van der Waals surface area contributed by atoms with Gasteiger partial charge in [-0.2, -0.15) is 5.10 Å². The van der Waals surface area contributed by atoms with Crippen LogP contribution in [-0.2, 0) is 11.8 Å². The Balaban J connectivity index is 2.31. The summed E-state index contributed by atoms with van der Waals surface area (Å²) in [6, 6.07) is 0.255. The normalized spacial score (nSPS) is 13.0. The number of aryl methyl sites for hydroxylation is 1. The summed E-state index contributed by atoms with van der Waals surface area (Å²) in [6.07, 6.45) is 4.53. The quantitative estimate of drug-likeness (QED) is 0.787. The van der Waals surface area contributed by atoms with Gasteiger partial charge in [0.2, 0.25) is 0 Å². The van der Waals surface area contributed by atoms with Crippen LogP contribution >= 0.6 is 0 Å². The summed E-state index contributed by atoms with van der Waals surface area (Å²) >= 11 is 0. The molecule has 0 aliphatic heterocycles. The maximum atomic E-state index is 12.0.